The van der Waals surface area contributed by atoms with Crippen LogP contribution >= 0.6 is 0 Å². The zero-order valence-electron chi connectivity index (χ0n) is 4.68. The fourth-order valence-electron chi connectivity index (χ4n) is 0.0915. The van der Waals surface area contributed by atoms with E-state index in [9.17, 15) is 14.4 Å². The number of rotatable bonds is 2. The molecule has 0 aliphatic carbocycles. The zero-order chi connectivity index (χ0) is 6.73. The third-order valence-electron chi connectivity index (χ3n) is 0.388. The van der Waals surface area contributed by atoms with Crippen LogP contribution < -0.4 is 6.15 Å². The van der Waals surface area contributed by atoms with Gasteiger partial charge < -0.3 is 16.4 Å². The van der Waals surface area contributed by atoms with Crippen LogP contribution in [0.3, 0.4) is 0 Å². The van der Waals surface area contributed by atoms with E-state index in [0.717, 1.165) is 0 Å². The third kappa shape index (κ3) is 5.23. The first-order chi connectivity index (χ1) is 3.55. The maximum absolute atomic E-state index is 9.64. The summed E-state index contributed by atoms with van der Waals surface area (Å²) in [6, 6.07) is 0. The average molecular weight is 191 g/mol. The largest absolute Gasteiger partial charge is 0.475 e. The van der Waals surface area contributed by atoms with Crippen molar-refractivity contribution in [2.24, 2.45) is 0 Å². The molecule has 0 aromatic carbocycles. The van der Waals surface area contributed by atoms with Crippen LogP contribution in [0.1, 0.15) is 0 Å². The Bertz CT molecular complexity index is 139. The van der Waals surface area contributed by atoms with E-state index in [1.165, 1.54) is 0 Å². The molecule has 60 valence electrons. The van der Waals surface area contributed by atoms with Crippen molar-refractivity contribution in [3.05, 3.63) is 0 Å². The van der Waals surface area contributed by atoms with Gasteiger partial charge >= 0.3 is 17.7 Å². The van der Waals surface area contributed by atoms with Crippen LogP contribution in [0.4, 0.5) is 0 Å². The molecule has 0 atom stereocenters. The predicted molar refractivity (Wildman–Crippen MR) is 25.3 cm³/mol. The standard InChI is InChI=1S/C3H2O5.Fe.H3N/c4-1(2(5)6)3(7)8;;/h(H,5,6)(H,7,8);;1H3. The summed E-state index contributed by atoms with van der Waals surface area (Å²) in [7, 11) is 0. The van der Waals surface area contributed by atoms with Gasteiger partial charge in [-0.25, -0.2) is 9.59 Å². The molecule has 0 radical (unpaired) electrons. The van der Waals surface area contributed by atoms with Gasteiger partial charge in [0.15, 0.2) is 0 Å². The van der Waals surface area contributed by atoms with Crippen LogP contribution in [0.15, 0.2) is 0 Å². The van der Waals surface area contributed by atoms with Crippen molar-refractivity contribution in [2.75, 3.05) is 0 Å². The minimum atomic E-state index is -1.95. The van der Waals surface area contributed by atoms with E-state index in [0.29, 0.717) is 0 Å². The molecule has 5 N–H and O–H groups in total. The summed E-state index contributed by atoms with van der Waals surface area (Å²) in [4.78, 5) is 28.5. The number of hydrogen-bond acceptors (Lipinski definition) is 4. The number of ketones is 1. The molecule has 0 aliphatic heterocycles. The molecule has 0 bridgehead atoms. The summed E-state index contributed by atoms with van der Waals surface area (Å²) < 4.78 is 0. The Labute approximate surface area is 66.3 Å². The predicted octanol–water partition coefficient (Wildman–Crippen LogP) is -1.12. The Morgan fingerprint density at radius 1 is 0.900 bits per heavy atom. The molecule has 0 saturated carbocycles. The average Bonchev–Trinajstić information content (AvgIpc) is 1.64. The SMILES string of the molecule is N.O=C(O)C(=O)C(=O)O.[Fe]. The number of carbonyl (C=O) groups is 3. The zero-order valence-corrected chi connectivity index (χ0v) is 5.78. The van der Waals surface area contributed by atoms with Crippen molar-refractivity contribution in [3.8, 4) is 0 Å². The topological polar surface area (TPSA) is 127 Å². The molecule has 0 rings (SSSR count). The van der Waals surface area contributed by atoms with Crippen molar-refractivity contribution < 1.29 is 41.7 Å². The smallest absolute Gasteiger partial charge is 0.384 e. The van der Waals surface area contributed by atoms with Crippen LogP contribution in [-0.2, 0) is 31.5 Å². The summed E-state index contributed by atoms with van der Waals surface area (Å²) in [5.74, 6) is -5.71. The number of Topliss-reactive ketones (excluding diaryl/α,β-unsaturated/α-hetero) is 1. The summed E-state index contributed by atoms with van der Waals surface area (Å²) >= 11 is 0. The van der Waals surface area contributed by atoms with Crippen molar-refractivity contribution in [1.29, 1.82) is 0 Å². The number of carboxylic acid groups (broad SMARTS) is 2. The van der Waals surface area contributed by atoms with Gasteiger partial charge in [-0.1, -0.05) is 0 Å². The number of aliphatic carboxylic acids is 2. The fourth-order valence-corrected chi connectivity index (χ4v) is 0.0915. The number of hydrogen-bond donors (Lipinski definition) is 3. The molecule has 0 saturated heterocycles. The van der Waals surface area contributed by atoms with E-state index in [4.69, 9.17) is 10.2 Å². The van der Waals surface area contributed by atoms with E-state index in [1.54, 1.807) is 0 Å². The molecule has 0 heterocycles. The van der Waals surface area contributed by atoms with E-state index in [1.807, 2.05) is 0 Å². The van der Waals surface area contributed by atoms with E-state index < -0.39 is 17.7 Å². The molecule has 6 nitrogen and oxygen atoms in total. The van der Waals surface area contributed by atoms with Gasteiger partial charge in [0.05, 0.1) is 0 Å². The van der Waals surface area contributed by atoms with Crippen molar-refractivity contribution in [1.82, 2.24) is 6.15 Å². The molecule has 0 unspecified atom stereocenters. The van der Waals surface area contributed by atoms with Crippen LogP contribution in [-0.4, -0.2) is 27.9 Å². The second-order valence-corrected chi connectivity index (χ2v) is 0.939. The Morgan fingerprint density at radius 3 is 1.10 bits per heavy atom. The summed E-state index contributed by atoms with van der Waals surface area (Å²) in [6.45, 7) is 0. The Hall–Kier alpha value is -0.911. The van der Waals surface area contributed by atoms with Crippen LogP contribution in [0.25, 0.3) is 0 Å². The molecule has 0 aromatic rings. The maximum Gasteiger partial charge on any atom is 0.384 e. The van der Waals surface area contributed by atoms with Crippen LogP contribution in [0.2, 0.25) is 0 Å². The van der Waals surface area contributed by atoms with Gasteiger partial charge in [0.25, 0.3) is 0 Å². The van der Waals surface area contributed by atoms with Gasteiger partial charge in [-0.2, -0.15) is 0 Å². The van der Waals surface area contributed by atoms with Gasteiger partial charge in [-0.15, -0.1) is 0 Å². The molecule has 10 heavy (non-hydrogen) atoms. The normalized spacial score (nSPS) is 6.40. The third-order valence-corrected chi connectivity index (χ3v) is 0.388. The summed E-state index contributed by atoms with van der Waals surface area (Å²) in [6.07, 6.45) is 0. The Balaban J connectivity index is -0.000000245. The molecular formula is C3H5FeNO5. The maximum atomic E-state index is 9.64. The molecule has 0 fully saturated rings. The minimum Gasteiger partial charge on any atom is -0.475 e. The number of carboxylic acids is 2. The van der Waals surface area contributed by atoms with Gasteiger partial charge in [0, 0.05) is 17.1 Å². The minimum absolute atomic E-state index is 0. The quantitative estimate of drug-likeness (QED) is 0.288. The van der Waals surface area contributed by atoms with Gasteiger partial charge in [0.1, 0.15) is 0 Å². The Kier molecular flexibility index (Phi) is 9.97. The van der Waals surface area contributed by atoms with E-state index in [2.05, 4.69) is 0 Å². The van der Waals surface area contributed by atoms with E-state index in [-0.39, 0.29) is 23.2 Å². The molecule has 7 heteroatoms. The van der Waals surface area contributed by atoms with Crippen LogP contribution in [0.5, 0.6) is 0 Å². The first-order valence-corrected chi connectivity index (χ1v) is 1.56. The van der Waals surface area contributed by atoms with Gasteiger partial charge in [0.2, 0.25) is 0 Å². The van der Waals surface area contributed by atoms with Gasteiger partial charge in [-0.3, -0.25) is 4.79 Å². The summed E-state index contributed by atoms with van der Waals surface area (Å²) in [5.41, 5.74) is 0. The fraction of sp³-hybridized carbons (Fsp3) is 0. The van der Waals surface area contributed by atoms with Crippen LogP contribution in [0, 0.1) is 0 Å². The van der Waals surface area contributed by atoms with Crippen molar-refractivity contribution >= 4 is 17.7 Å². The molecule has 0 aromatic heterocycles. The summed E-state index contributed by atoms with van der Waals surface area (Å²) in [5, 5.41) is 15.2. The molecular weight excluding hydrogens is 186 g/mol. The Morgan fingerprint density at radius 2 is 1.10 bits per heavy atom. The molecule has 0 spiro atoms. The first-order valence-electron chi connectivity index (χ1n) is 1.56. The molecule has 0 aliphatic rings. The first kappa shape index (κ1) is 16.0. The van der Waals surface area contributed by atoms with Gasteiger partial charge in [-0.05, 0) is 0 Å². The number of carbonyl (C=O) groups excluding carboxylic acids is 1. The van der Waals surface area contributed by atoms with Crippen molar-refractivity contribution in [3.63, 3.8) is 0 Å². The second-order valence-electron chi connectivity index (χ2n) is 0.939. The molecule has 0 amide bonds. The second kappa shape index (κ2) is 6.21. The van der Waals surface area contributed by atoms with Crippen molar-refractivity contribution in [2.45, 2.75) is 0 Å². The van der Waals surface area contributed by atoms with E-state index >= 15 is 0 Å². The monoisotopic (exact) mass is 191 g/mol.